The van der Waals surface area contributed by atoms with Gasteiger partial charge in [-0.2, -0.15) is 13.2 Å². The van der Waals surface area contributed by atoms with Gasteiger partial charge in [0.05, 0.1) is 5.92 Å². The third-order valence-corrected chi connectivity index (χ3v) is 2.17. The van der Waals surface area contributed by atoms with Crippen LogP contribution in [0.2, 0.25) is 0 Å². The van der Waals surface area contributed by atoms with Crippen LogP contribution in [0.1, 0.15) is 19.8 Å². The van der Waals surface area contributed by atoms with Gasteiger partial charge < -0.3 is 5.73 Å². The lowest BCUT2D eigenvalue weighted by Gasteiger charge is -2.09. The molecule has 1 rings (SSSR count). The first kappa shape index (κ1) is 7.85. The monoisotopic (exact) mass is 153 g/mol. The van der Waals surface area contributed by atoms with Crippen LogP contribution in [-0.4, -0.2) is 11.7 Å². The van der Waals surface area contributed by atoms with Crippen LogP contribution in [0.4, 0.5) is 13.2 Å². The molecule has 0 aromatic rings. The van der Waals surface area contributed by atoms with Crippen molar-refractivity contribution < 1.29 is 13.2 Å². The average Bonchev–Trinajstić information content (AvgIpc) is 2.43. The Balaban J connectivity index is 2.52. The molecule has 0 radical (unpaired) electrons. The van der Waals surface area contributed by atoms with Crippen molar-refractivity contribution in [1.82, 2.24) is 0 Å². The highest BCUT2D eigenvalue weighted by atomic mass is 19.4. The molecule has 2 N–H and O–H groups in total. The van der Waals surface area contributed by atoms with Gasteiger partial charge in [0.1, 0.15) is 0 Å². The summed E-state index contributed by atoms with van der Waals surface area (Å²) in [7, 11) is 0. The van der Waals surface area contributed by atoms with Crippen LogP contribution in [-0.2, 0) is 0 Å². The molecule has 10 heavy (non-hydrogen) atoms. The molecule has 60 valence electrons. The maximum absolute atomic E-state index is 11.8. The molecule has 4 heteroatoms. The molecule has 1 saturated carbocycles. The summed E-state index contributed by atoms with van der Waals surface area (Å²) in [5, 5.41) is 0. The molecule has 0 heterocycles. The normalized spacial score (nSPS) is 39.9. The molecule has 0 aromatic carbocycles. The zero-order valence-electron chi connectivity index (χ0n) is 5.70. The molecule has 2 atom stereocenters. The SMILES string of the molecule is CCC1(N)CC1C(F)(F)F. The van der Waals surface area contributed by atoms with E-state index in [-0.39, 0.29) is 6.42 Å². The maximum Gasteiger partial charge on any atom is 0.393 e. The Bertz CT molecular complexity index is 142. The molecule has 0 saturated heterocycles. The standard InChI is InChI=1S/C6H10F3N/c1-2-5(10)3-4(5)6(7,8)9/h4H,2-3,10H2,1H3. The lowest BCUT2D eigenvalue weighted by Crippen LogP contribution is -2.29. The number of hydrogen-bond acceptors (Lipinski definition) is 1. The summed E-state index contributed by atoms with van der Waals surface area (Å²) in [6.07, 6.45) is -3.56. The van der Waals surface area contributed by atoms with Gasteiger partial charge in [0, 0.05) is 5.54 Å². The van der Waals surface area contributed by atoms with Crippen molar-refractivity contribution in [3.63, 3.8) is 0 Å². The molecule has 0 bridgehead atoms. The lowest BCUT2D eigenvalue weighted by molar-refractivity contribution is -0.152. The average molecular weight is 153 g/mol. The minimum atomic E-state index is -4.08. The quantitative estimate of drug-likeness (QED) is 0.609. The van der Waals surface area contributed by atoms with Gasteiger partial charge in [-0.15, -0.1) is 0 Å². The Morgan fingerprint density at radius 3 is 2.20 bits per heavy atom. The Morgan fingerprint density at radius 2 is 2.10 bits per heavy atom. The first-order valence-electron chi connectivity index (χ1n) is 3.26. The predicted octanol–water partition coefficient (Wildman–Crippen LogP) is 1.68. The van der Waals surface area contributed by atoms with E-state index in [1.807, 2.05) is 0 Å². The van der Waals surface area contributed by atoms with Crippen LogP contribution in [0.15, 0.2) is 0 Å². The number of hydrogen-bond donors (Lipinski definition) is 1. The van der Waals surface area contributed by atoms with E-state index in [4.69, 9.17) is 5.73 Å². The molecule has 1 aliphatic rings. The molecule has 1 nitrogen and oxygen atoms in total. The van der Waals surface area contributed by atoms with Gasteiger partial charge >= 0.3 is 6.18 Å². The van der Waals surface area contributed by atoms with Gasteiger partial charge in [0.2, 0.25) is 0 Å². The summed E-state index contributed by atoms with van der Waals surface area (Å²) in [6.45, 7) is 1.69. The molecule has 2 unspecified atom stereocenters. The van der Waals surface area contributed by atoms with E-state index in [9.17, 15) is 13.2 Å². The van der Waals surface area contributed by atoms with E-state index < -0.39 is 17.6 Å². The fourth-order valence-electron chi connectivity index (χ4n) is 1.15. The Labute approximate surface area is 57.4 Å². The topological polar surface area (TPSA) is 26.0 Å². The molecule has 1 fully saturated rings. The van der Waals surface area contributed by atoms with E-state index in [1.165, 1.54) is 0 Å². The molecule has 0 aliphatic heterocycles. The Kier molecular flexibility index (Phi) is 1.47. The van der Waals surface area contributed by atoms with E-state index in [0.717, 1.165) is 0 Å². The van der Waals surface area contributed by atoms with Gasteiger partial charge in [-0.1, -0.05) is 6.92 Å². The summed E-state index contributed by atoms with van der Waals surface area (Å²) in [5.74, 6) is -1.25. The summed E-state index contributed by atoms with van der Waals surface area (Å²) in [6, 6.07) is 0. The van der Waals surface area contributed by atoms with Gasteiger partial charge in [-0.3, -0.25) is 0 Å². The third-order valence-electron chi connectivity index (χ3n) is 2.17. The second-order valence-corrected chi connectivity index (χ2v) is 2.89. The van der Waals surface area contributed by atoms with E-state index in [2.05, 4.69) is 0 Å². The number of alkyl halides is 3. The van der Waals surface area contributed by atoms with Crippen LogP contribution in [0.3, 0.4) is 0 Å². The minimum absolute atomic E-state index is 0.104. The predicted molar refractivity (Wildman–Crippen MR) is 31.4 cm³/mol. The summed E-state index contributed by atoms with van der Waals surface area (Å²) < 4.78 is 35.5. The largest absolute Gasteiger partial charge is 0.393 e. The van der Waals surface area contributed by atoms with Crippen molar-refractivity contribution in [1.29, 1.82) is 0 Å². The number of rotatable bonds is 1. The van der Waals surface area contributed by atoms with E-state index >= 15 is 0 Å². The Morgan fingerprint density at radius 1 is 1.60 bits per heavy atom. The second kappa shape index (κ2) is 1.87. The molecular weight excluding hydrogens is 143 g/mol. The van der Waals surface area contributed by atoms with E-state index in [1.54, 1.807) is 6.92 Å². The first-order chi connectivity index (χ1) is 4.40. The fourth-order valence-corrected chi connectivity index (χ4v) is 1.15. The van der Waals surface area contributed by atoms with Gasteiger partial charge in [-0.25, -0.2) is 0 Å². The van der Waals surface area contributed by atoms with Gasteiger partial charge in [0.25, 0.3) is 0 Å². The number of nitrogens with two attached hydrogens (primary N) is 1. The highest BCUT2D eigenvalue weighted by molar-refractivity contribution is 5.09. The van der Waals surface area contributed by atoms with Gasteiger partial charge in [0.15, 0.2) is 0 Å². The zero-order chi connectivity index (χ0) is 7.99. The minimum Gasteiger partial charge on any atom is -0.325 e. The molecule has 0 spiro atoms. The van der Waals surface area contributed by atoms with Crippen LogP contribution in [0, 0.1) is 5.92 Å². The van der Waals surface area contributed by atoms with Crippen LogP contribution in [0.25, 0.3) is 0 Å². The molecular formula is C6H10F3N. The molecule has 0 amide bonds. The maximum atomic E-state index is 11.8. The van der Waals surface area contributed by atoms with Crippen molar-refractivity contribution in [3.8, 4) is 0 Å². The van der Waals surface area contributed by atoms with E-state index in [0.29, 0.717) is 6.42 Å². The van der Waals surface area contributed by atoms with Crippen LogP contribution < -0.4 is 5.73 Å². The first-order valence-corrected chi connectivity index (χ1v) is 3.26. The smallest absolute Gasteiger partial charge is 0.325 e. The van der Waals surface area contributed by atoms with Gasteiger partial charge in [-0.05, 0) is 12.8 Å². The fraction of sp³-hybridized carbons (Fsp3) is 1.00. The number of halogens is 3. The molecule has 0 aromatic heterocycles. The van der Waals surface area contributed by atoms with Crippen molar-refractivity contribution in [2.24, 2.45) is 11.7 Å². The lowest BCUT2D eigenvalue weighted by atomic mass is 10.1. The van der Waals surface area contributed by atoms with Crippen molar-refractivity contribution in [3.05, 3.63) is 0 Å². The Hall–Kier alpha value is -0.250. The second-order valence-electron chi connectivity index (χ2n) is 2.89. The van der Waals surface area contributed by atoms with Crippen molar-refractivity contribution in [2.75, 3.05) is 0 Å². The van der Waals surface area contributed by atoms with Crippen LogP contribution >= 0.6 is 0 Å². The summed E-state index contributed by atoms with van der Waals surface area (Å²) in [5.41, 5.74) is 4.42. The summed E-state index contributed by atoms with van der Waals surface area (Å²) in [4.78, 5) is 0. The van der Waals surface area contributed by atoms with Crippen molar-refractivity contribution in [2.45, 2.75) is 31.5 Å². The van der Waals surface area contributed by atoms with Crippen LogP contribution in [0.5, 0.6) is 0 Å². The zero-order valence-corrected chi connectivity index (χ0v) is 5.70. The van der Waals surface area contributed by atoms with Crippen molar-refractivity contribution >= 4 is 0 Å². The third kappa shape index (κ3) is 1.12. The molecule has 1 aliphatic carbocycles. The highest BCUT2D eigenvalue weighted by Crippen LogP contribution is 2.53. The highest BCUT2D eigenvalue weighted by Gasteiger charge is 2.63. The summed E-state index contributed by atoms with van der Waals surface area (Å²) >= 11 is 0.